The van der Waals surface area contributed by atoms with E-state index in [-0.39, 0.29) is 18.0 Å². The lowest BCUT2D eigenvalue weighted by molar-refractivity contribution is 0.0990. The van der Waals surface area contributed by atoms with Crippen LogP contribution < -0.4 is 0 Å². The summed E-state index contributed by atoms with van der Waals surface area (Å²) in [6.07, 6.45) is 2.19. The third kappa shape index (κ3) is 2.70. The molecule has 0 N–H and O–H groups in total. The molecule has 4 heteroatoms. The molecule has 0 atom stereocenters. The summed E-state index contributed by atoms with van der Waals surface area (Å²) in [4.78, 5) is 12.1. The molecule has 94 valence electrons. The Labute approximate surface area is 113 Å². The predicted molar refractivity (Wildman–Crippen MR) is 70.2 cm³/mol. The van der Waals surface area contributed by atoms with Gasteiger partial charge in [0.25, 0.3) is 0 Å². The minimum atomic E-state index is -0.376. The summed E-state index contributed by atoms with van der Waals surface area (Å²) >= 11 is 3.18. The number of hydrogen-bond donors (Lipinski definition) is 0. The van der Waals surface area contributed by atoms with Crippen molar-refractivity contribution < 1.29 is 13.6 Å². The van der Waals surface area contributed by atoms with Crippen LogP contribution in [0, 0.1) is 5.82 Å². The molecule has 2 nitrogen and oxygen atoms in total. The first-order valence-corrected chi connectivity index (χ1v) is 6.44. The van der Waals surface area contributed by atoms with Crippen LogP contribution in [-0.2, 0) is 12.8 Å². The molecule has 0 aliphatic heterocycles. The first-order valence-electron chi connectivity index (χ1n) is 5.65. The Kier molecular flexibility index (Phi) is 3.97. The van der Waals surface area contributed by atoms with Gasteiger partial charge >= 0.3 is 0 Å². The second-order valence-corrected chi connectivity index (χ2v) is 4.86. The molecule has 0 spiro atoms. The van der Waals surface area contributed by atoms with Crippen LogP contribution in [0.1, 0.15) is 28.6 Å². The highest BCUT2D eigenvalue weighted by molar-refractivity contribution is 9.10. The van der Waals surface area contributed by atoms with Crippen LogP contribution in [0.4, 0.5) is 4.39 Å². The molecule has 18 heavy (non-hydrogen) atoms. The molecule has 1 aromatic heterocycles. The fraction of sp³-hybridized carbons (Fsp3) is 0.214. The number of Topliss-reactive ketones (excluding diaryl/α,β-unsaturated/α-hetero) is 1. The number of carbonyl (C=O) groups excluding carboxylic acids is 1. The van der Waals surface area contributed by atoms with Crippen molar-refractivity contribution >= 4 is 21.7 Å². The Morgan fingerprint density at radius 2 is 2.17 bits per heavy atom. The maximum absolute atomic E-state index is 13.6. The Hall–Kier alpha value is -1.42. The molecule has 0 aliphatic carbocycles. The maximum Gasteiger partial charge on any atom is 0.170 e. The Morgan fingerprint density at radius 3 is 2.83 bits per heavy atom. The molecule has 2 aromatic rings. The van der Waals surface area contributed by atoms with Gasteiger partial charge in [-0.2, -0.15) is 0 Å². The van der Waals surface area contributed by atoms with Crippen LogP contribution in [0.3, 0.4) is 0 Å². The van der Waals surface area contributed by atoms with Gasteiger partial charge in [0.05, 0.1) is 11.8 Å². The highest BCUT2D eigenvalue weighted by atomic mass is 79.9. The van der Waals surface area contributed by atoms with Crippen LogP contribution in [0.5, 0.6) is 0 Å². The standard InChI is InChI=1S/C14H12BrFO2/c1-2-14-11(5-6-18-14)13(17)7-9-3-4-10(15)8-12(9)16/h3-6,8H,2,7H2,1H3. The van der Waals surface area contributed by atoms with Crippen LogP contribution in [0.25, 0.3) is 0 Å². The van der Waals surface area contributed by atoms with E-state index >= 15 is 0 Å². The van der Waals surface area contributed by atoms with E-state index in [1.807, 2.05) is 6.92 Å². The zero-order valence-corrected chi connectivity index (χ0v) is 11.5. The largest absolute Gasteiger partial charge is 0.469 e. The quantitative estimate of drug-likeness (QED) is 0.793. The van der Waals surface area contributed by atoms with Gasteiger partial charge in [-0.05, 0) is 23.8 Å². The highest BCUT2D eigenvalue weighted by Gasteiger charge is 2.15. The zero-order valence-electron chi connectivity index (χ0n) is 9.87. The van der Waals surface area contributed by atoms with Crippen molar-refractivity contribution in [1.29, 1.82) is 0 Å². The Morgan fingerprint density at radius 1 is 1.39 bits per heavy atom. The van der Waals surface area contributed by atoms with Crippen molar-refractivity contribution in [1.82, 2.24) is 0 Å². The molecule has 2 rings (SSSR count). The van der Waals surface area contributed by atoms with Crippen molar-refractivity contribution in [3.63, 3.8) is 0 Å². The van der Waals surface area contributed by atoms with Gasteiger partial charge in [-0.1, -0.05) is 28.9 Å². The van der Waals surface area contributed by atoms with Crippen LogP contribution >= 0.6 is 15.9 Å². The number of benzene rings is 1. The van der Waals surface area contributed by atoms with Crippen LogP contribution in [0.15, 0.2) is 39.4 Å². The van der Waals surface area contributed by atoms with E-state index in [1.54, 1.807) is 18.2 Å². The number of aryl methyl sites for hydroxylation is 1. The second-order valence-electron chi connectivity index (χ2n) is 3.95. The summed E-state index contributed by atoms with van der Waals surface area (Å²) in [7, 11) is 0. The van der Waals surface area contributed by atoms with E-state index in [9.17, 15) is 9.18 Å². The van der Waals surface area contributed by atoms with E-state index in [4.69, 9.17) is 4.42 Å². The third-order valence-corrected chi connectivity index (χ3v) is 3.23. The van der Waals surface area contributed by atoms with Gasteiger partial charge in [0.15, 0.2) is 5.78 Å². The normalized spacial score (nSPS) is 10.6. The molecule has 0 saturated carbocycles. The third-order valence-electron chi connectivity index (χ3n) is 2.73. The smallest absolute Gasteiger partial charge is 0.170 e. The number of hydrogen-bond acceptors (Lipinski definition) is 2. The number of rotatable bonds is 4. The van der Waals surface area contributed by atoms with Gasteiger partial charge in [0.2, 0.25) is 0 Å². The molecule has 0 fully saturated rings. The van der Waals surface area contributed by atoms with Gasteiger partial charge in [0, 0.05) is 17.3 Å². The molecule has 0 saturated heterocycles. The van der Waals surface area contributed by atoms with Crippen molar-refractivity contribution in [3.05, 3.63) is 57.7 Å². The van der Waals surface area contributed by atoms with Crippen molar-refractivity contribution in [2.75, 3.05) is 0 Å². The average Bonchev–Trinajstić information content (AvgIpc) is 2.81. The van der Waals surface area contributed by atoms with Gasteiger partial charge in [-0.3, -0.25) is 4.79 Å². The molecule has 1 heterocycles. The molecular weight excluding hydrogens is 299 g/mol. The van der Waals surface area contributed by atoms with E-state index in [2.05, 4.69) is 15.9 Å². The molecule has 0 unspecified atom stereocenters. The fourth-order valence-electron chi connectivity index (χ4n) is 1.80. The second kappa shape index (κ2) is 5.48. The van der Waals surface area contributed by atoms with Crippen molar-refractivity contribution in [3.8, 4) is 0 Å². The zero-order chi connectivity index (χ0) is 13.1. The SMILES string of the molecule is CCc1occc1C(=O)Cc1ccc(Br)cc1F. The molecule has 0 amide bonds. The number of ketones is 1. The van der Waals surface area contributed by atoms with Gasteiger partial charge < -0.3 is 4.42 Å². The van der Waals surface area contributed by atoms with E-state index < -0.39 is 0 Å². The van der Waals surface area contributed by atoms with Gasteiger partial charge in [-0.15, -0.1) is 0 Å². The van der Waals surface area contributed by atoms with Crippen LogP contribution in [-0.4, -0.2) is 5.78 Å². The molecular formula is C14H12BrFO2. The monoisotopic (exact) mass is 310 g/mol. The summed E-state index contributed by atoms with van der Waals surface area (Å²) in [5.74, 6) is 0.151. The van der Waals surface area contributed by atoms with Gasteiger partial charge in [0.1, 0.15) is 11.6 Å². The predicted octanol–water partition coefficient (Wildman–Crippen LogP) is 4.17. The maximum atomic E-state index is 13.6. The molecule has 1 aromatic carbocycles. The topological polar surface area (TPSA) is 30.2 Å². The molecule has 0 aliphatic rings. The number of furan rings is 1. The lowest BCUT2D eigenvalue weighted by atomic mass is 10.0. The summed E-state index contributed by atoms with van der Waals surface area (Å²) < 4.78 is 19.5. The van der Waals surface area contributed by atoms with Crippen LogP contribution in [0.2, 0.25) is 0 Å². The number of halogens is 2. The summed E-state index contributed by atoms with van der Waals surface area (Å²) in [5.41, 5.74) is 0.936. The average molecular weight is 311 g/mol. The Balaban J connectivity index is 2.21. The molecule has 0 radical (unpaired) electrons. The van der Waals surface area contributed by atoms with E-state index in [1.165, 1.54) is 12.3 Å². The van der Waals surface area contributed by atoms with Crippen molar-refractivity contribution in [2.45, 2.75) is 19.8 Å². The molecule has 0 bridgehead atoms. The summed E-state index contributed by atoms with van der Waals surface area (Å²) in [6.45, 7) is 1.91. The minimum absolute atomic E-state index is 0.0473. The van der Waals surface area contributed by atoms with E-state index in [0.717, 1.165) is 0 Å². The summed E-state index contributed by atoms with van der Waals surface area (Å²) in [5, 5.41) is 0. The highest BCUT2D eigenvalue weighted by Crippen LogP contribution is 2.19. The van der Waals surface area contributed by atoms with Gasteiger partial charge in [-0.25, -0.2) is 4.39 Å². The van der Waals surface area contributed by atoms with E-state index in [0.29, 0.717) is 27.8 Å². The fourth-order valence-corrected chi connectivity index (χ4v) is 2.13. The first kappa shape index (κ1) is 13.0. The van der Waals surface area contributed by atoms with Crippen molar-refractivity contribution in [2.24, 2.45) is 0 Å². The lowest BCUT2D eigenvalue weighted by Gasteiger charge is -2.03. The Bertz CT molecular complexity index is 575. The summed E-state index contributed by atoms with van der Waals surface area (Å²) in [6, 6.07) is 6.33. The lowest BCUT2D eigenvalue weighted by Crippen LogP contribution is -2.06. The minimum Gasteiger partial charge on any atom is -0.469 e. The number of carbonyl (C=O) groups is 1. The first-order chi connectivity index (χ1) is 8.61.